The summed E-state index contributed by atoms with van der Waals surface area (Å²) in [5.41, 5.74) is 2.16. The summed E-state index contributed by atoms with van der Waals surface area (Å²) in [7, 11) is 0. The van der Waals surface area contributed by atoms with Gasteiger partial charge < -0.3 is 4.79 Å². The largest absolute Gasteiger partial charge is 2.00 e. The fourth-order valence-electron chi connectivity index (χ4n) is 1.88. The Bertz CT molecular complexity index is 396. The average Bonchev–Trinajstić information content (AvgIpc) is 3.13. The summed E-state index contributed by atoms with van der Waals surface area (Å²) in [6.45, 7) is 1.99. The molecule has 0 spiro atoms. The number of pyridine rings is 1. The molecule has 0 saturated heterocycles. The van der Waals surface area contributed by atoms with Crippen molar-refractivity contribution >= 4 is 6.29 Å². The third-order valence-electron chi connectivity index (χ3n) is 2.84. The van der Waals surface area contributed by atoms with E-state index in [1.807, 2.05) is 64.4 Å². The number of nitrogens with zero attached hydrogens (tertiary/aromatic N) is 1. The zero-order chi connectivity index (χ0) is 13.5. The van der Waals surface area contributed by atoms with Crippen molar-refractivity contribution in [1.29, 1.82) is 0 Å². The van der Waals surface area contributed by atoms with Gasteiger partial charge in [-0.15, -0.1) is 0 Å². The van der Waals surface area contributed by atoms with Gasteiger partial charge in [-0.25, -0.2) is 0 Å². The van der Waals surface area contributed by atoms with Gasteiger partial charge in [-0.05, 0) is 75.5 Å². The number of aryl methyl sites for hydroxylation is 1. The van der Waals surface area contributed by atoms with Crippen LogP contribution in [0.5, 0.6) is 0 Å². The van der Waals surface area contributed by atoms with Gasteiger partial charge in [-0.2, -0.15) is 0 Å². The number of aldehydes is 1. The maximum absolute atomic E-state index is 10.8. The minimum atomic E-state index is 0. The fourth-order valence-corrected chi connectivity index (χ4v) is 1.88. The predicted octanol–water partition coefficient (Wildman–Crippen LogP) is 2.73. The van der Waals surface area contributed by atoms with Crippen LogP contribution in [0.25, 0.3) is 0 Å². The van der Waals surface area contributed by atoms with Crippen molar-refractivity contribution in [2.75, 3.05) is 0 Å². The Kier molecular flexibility index (Phi) is 8.09. The molecule has 2 nitrogen and oxygen atoms in total. The third-order valence-corrected chi connectivity index (χ3v) is 2.84. The Morgan fingerprint density at radius 3 is 2.20 bits per heavy atom. The first-order valence-corrected chi connectivity index (χ1v) is 6.11. The molecule has 0 bridgehead atoms. The van der Waals surface area contributed by atoms with Crippen LogP contribution >= 0.6 is 0 Å². The average molecular weight is 305 g/mol. The minimum absolute atomic E-state index is 0. The van der Waals surface area contributed by atoms with Crippen LogP contribution in [0.2, 0.25) is 0 Å². The van der Waals surface area contributed by atoms with Crippen molar-refractivity contribution < 1.29 is 21.9 Å². The quantitative estimate of drug-likeness (QED) is 0.621. The van der Waals surface area contributed by atoms with E-state index < -0.39 is 0 Å². The molecule has 3 heteroatoms. The topological polar surface area (TPSA) is 30.0 Å². The summed E-state index contributed by atoms with van der Waals surface area (Å²) in [4.78, 5) is 14.8. The molecule has 0 atom stereocenters. The predicted molar refractivity (Wildman–Crippen MR) is 75.0 cm³/mol. The first kappa shape index (κ1) is 17.4. The second-order valence-electron chi connectivity index (χ2n) is 4.17. The monoisotopic (exact) mass is 305 g/mol. The molecule has 2 aliphatic carbocycles. The summed E-state index contributed by atoms with van der Waals surface area (Å²) in [5, 5.41) is 0. The van der Waals surface area contributed by atoms with Crippen LogP contribution in [0.1, 0.15) is 11.1 Å². The molecule has 0 amide bonds. The number of carbonyl (C=O) groups excluding carboxylic acids is 1. The van der Waals surface area contributed by atoms with Crippen molar-refractivity contribution in [2.45, 2.75) is 6.92 Å². The van der Waals surface area contributed by atoms with Gasteiger partial charge in [0.25, 0.3) is 0 Å². The summed E-state index contributed by atoms with van der Waals surface area (Å²) in [5.74, 6) is 1.72. The number of carbonyl (C=O) groups is 1. The number of hydrogen-bond donors (Lipinski definition) is 0. The van der Waals surface area contributed by atoms with E-state index in [9.17, 15) is 4.79 Å². The van der Waals surface area contributed by atoms with Crippen LogP contribution in [0.15, 0.2) is 18.5 Å². The summed E-state index contributed by atoms with van der Waals surface area (Å²) < 4.78 is 0. The van der Waals surface area contributed by atoms with E-state index in [0.29, 0.717) is 0 Å². The van der Waals surface area contributed by atoms with Crippen LogP contribution in [0.4, 0.5) is 0 Å². The smallest absolute Gasteiger partial charge is 0.303 e. The standard InChI is InChI=1S/C12H10NO.C5H5.Fe/c1-9-7-13-6-5-11(9)12-4-2-3-10(12)8-14;1-2-4-5-3-1;/h2-8H,1H3;1-5H;/q;;+2. The zero-order valence-corrected chi connectivity index (χ0v) is 12.2. The molecule has 2 saturated carbocycles. The molecule has 0 aliphatic heterocycles. The van der Waals surface area contributed by atoms with E-state index in [4.69, 9.17) is 0 Å². The van der Waals surface area contributed by atoms with Gasteiger partial charge in [0.1, 0.15) is 6.29 Å². The van der Waals surface area contributed by atoms with E-state index in [2.05, 4.69) is 4.98 Å². The van der Waals surface area contributed by atoms with Crippen molar-refractivity contribution in [1.82, 2.24) is 4.98 Å². The van der Waals surface area contributed by atoms with Crippen molar-refractivity contribution in [3.05, 3.63) is 92.8 Å². The summed E-state index contributed by atoms with van der Waals surface area (Å²) in [6, 6.07) is 1.93. The molecule has 2 fully saturated rings. The maximum Gasteiger partial charge on any atom is 2.00 e. The molecule has 3 rings (SSSR count). The number of aromatic nitrogens is 1. The van der Waals surface area contributed by atoms with Crippen LogP contribution in [-0.2, 0) is 21.9 Å². The number of rotatable bonds is 2. The molecule has 10 radical (unpaired) electrons. The Morgan fingerprint density at radius 1 is 1.00 bits per heavy atom. The first-order valence-electron chi connectivity index (χ1n) is 6.11. The molecule has 1 aromatic rings. The molecule has 0 N–H and O–H groups in total. The van der Waals surface area contributed by atoms with E-state index in [1.54, 1.807) is 12.4 Å². The van der Waals surface area contributed by atoms with Gasteiger partial charge in [0, 0.05) is 18.3 Å². The van der Waals surface area contributed by atoms with Crippen LogP contribution in [0.3, 0.4) is 0 Å². The summed E-state index contributed by atoms with van der Waals surface area (Å²) >= 11 is 0. The van der Waals surface area contributed by atoms with E-state index in [-0.39, 0.29) is 17.1 Å². The first-order chi connectivity index (χ1) is 9.33. The van der Waals surface area contributed by atoms with Crippen molar-refractivity contribution in [2.24, 2.45) is 0 Å². The molecule has 100 valence electrons. The zero-order valence-electron chi connectivity index (χ0n) is 11.1. The van der Waals surface area contributed by atoms with Gasteiger partial charge in [0.2, 0.25) is 0 Å². The van der Waals surface area contributed by atoms with Gasteiger partial charge in [0.05, 0.1) is 5.92 Å². The molecule has 2 aliphatic rings. The molecule has 20 heavy (non-hydrogen) atoms. The van der Waals surface area contributed by atoms with Gasteiger partial charge in [-0.1, -0.05) is 0 Å². The van der Waals surface area contributed by atoms with Crippen LogP contribution in [-0.4, -0.2) is 11.3 Å². The molecular weight excluding hydrogens is 290 g/mol. The van der Waals surface area contributed by atoms with Gasteiger partial charge in [-0.3, -0.25) is 4.98 Å². The van der Waals surface area contributed by atoms with Gasteiger partial charge >= 0.3 is 17.1 Å². The second-order valence-corrected chi connectivity index (χ2v) is 4.17. The van der Waals surface area contributed by atoms with Crippen LogP contribution in [0, 0.1) is 70.1 Å². The van der Waals surface area contributed by atoms with E-state index in [1.165, 1.54) is 0 Å². The van der Waals surface area contributed by atoms with E-state index >= 15 is 0 Å². The van der Waals surface area contributed by atoms with Crippen molar-refractivity contribution in [3.8, 4) is 0 Å². The number of hydrogen-bond acceptors (Lipinski definition) is 2. The Balaban J connectivity index is 0.000000283. The Labute approximate surface area is 133 Å². The molecular formula is C17H15FeNO+2. The second kappa shape index (κ2) is 9.31. The Morgan fingerprint density at radius 2 is 1.65 bits per heavy atom. The fraction of sp³-hybridized carbons (Fsp3) is 0.0588. The normalized spacial score (nSPS) is 19.1. The Hall–Kier alpha value is -0.661. The minimum Gasteiger partial charge on any atom is -0.303 e. The molecule has 0 aromatic carbocycles. The van der Waals surface area contributed by atoms with Crippen LogP contribution < -0.4 is 0 Å². The maximum atomic E-state index is 10.8. The summed E-state index contributed by atoms with van der Waals surface area (Å²) in [6.07, 6.45) is 20.1. The molecule has 0 unspecified atom stereocenters. The molecule has 1 heterocycles. The van der Waals surface area contributed by atoms with Crippen molar-refractivity contribution in [3.63, 3.8) is 0 Å². The van der Waals surface area contributed by atoms with E-state index in [0.717, 1.165) is 29.2 Å². The third kappa shape index (κ3) is 4.71. The molecule has 1 aromatic heterocycles. The SMILES string of the molecule is Cc1cnccc1[C]1[CH][CH][CH][C]1C=O.[CH]1[CH][CH][CH][CH]1.[Fe+2]. The van der Waals surface area contributed by atoms with Gasteiger partial charge in [0.15, 0.2) is 0 Å².